The van der Waals surface area contributed by atoms with E-state index < -0.39 is 0 Å². The number of fused-ring (bicyclic) bond motifs is 1. The normalized spacial score (nSPS) is 14.9. The molecule has 1 aromatic rings. The molecule has 0 unspecified atom stereocenters. The molecule has 108 valence electrons. The van der Waals surface area contributed by atoms with E-state index in [9.17, 15) is 9.18 Å². The summed E-state index contributed by atoms with van der Waals surface area (Å²) in [5.41, 5.74) is 7.42. The van der Waals surface area contributed by atoms with Crippen molar-refractivity contribution >= 4 is 5.91 Å². The first kappa shape index (κ1) is 14.5. The first-order valence-electron chi connectivity index (χ1n) is 6.61. The number of hydrogen-bond acceptors (Lipinski definition) is 3. The summed E-state index contributed by atoms with van der Waals surface area (Å²) in [6, 6.07) is 5.49. The molecular formula is C15H19FN2O2. The number of benzene rings is 1. The smallest absolute Gasteiger partial charge is 0.254 e. The maximum atomic E-state index is 12.4. The highest BCUT2D eigenvalue weighted by molar-refractivity contribution is 5.98. The zero-order valence-electron chi connectivity index (χ0n) is 11.7. The Morgan fingerprint density at radius 2 is 2.30 bits per heavy atom. The van der Waals surface area contributed by atoms with Gasteiger partial charge in [0, 0.05) is 30.3 Å². The van der Waals surface area contributed by atoms with Crippen molar-refractivity contribution in [3.8, 4) is 5.75 Å². The predicted molar refractivity (Wildman–Crippen MR) is 75.2 cm³/mol. The minimum absolute atomic E-state index is 0.0489. The fourth-order valence-corrected chi connectivity index (χ4v) is 2.14. The molecular weight excluding hydrogens is 259 g/mol. The van der Waals surface area contributed by atoms with Crippen LogP contribution >= 0.6 is 0 Å². The standard InChI is InChI=1S/C15H19FN2O2/c1-10(2)18-8-12-5-13(3-4-14(12)15(18)19)20-9-11(6-16)7-17/h3-6,10H,7-9,17H2,1-2H3/b11-6+. The summed E-state index contributed by atoms with van der Waals surface area (Å²) in [6.07, 6.45) is 0.470. The van der Waals surface area contributed by atoms with Gasteiger partial charge in [-0.25, -0.2) is 4.39 Å². The molecule has 2 N–H and O–H groups in total. The number of carbonyl (C=O) groups excluding carboxylic acids is 1. The van der Waals surface area contributed by atoms with Crippen LogP contribution in [0.4, 0.5) is 4.39 Å². The van der Waals surface area contributed by atoms with E-state index in [1.54, 1.807) is 17.0 Å². The fourth-order valence-electron chi connectivity index (χ4n) is 2.14. The average molecular weight is 278 g/mol. The van der Waals surface area contributed by atoms with Crippen LogP contribution in [-0.4, -0.2) is 30.0 Å². The molecule has 0 atom stereocenters. The first-order valence-corrected chi connectivity index (χ1v) is 6.61. The lowest BCUT2D eigenvalue weighted by Crippen LogP contribution is -2.30. The lowest BCUT2D eigenvalue weighted by Gasteiger charge is -2.19. The Hall–Kier alpha value is -1.88. The molecule has 1 aliphatic rings. The number of halogens is 1. The molecule has 0 bridgehead atoms. The molecule has 5 heteroatoms. The summed E-state index contributed by atoms with van der Waals surface area (Å²) >= 11 is 0. The number of hydrogen-bond donors (Lipinski definition) is 1. The van der Waals surface area contributed by atoms with Crippen molar-refractivity contribution in [2.24, 2.45) is 5.73 Å². The lowest BCUT2D eigenvalue weighted by atomic mass is 10.1. The van der Waals surface area contributed by atoms with Gasteiger partial charge in [-0.1, -0.05) is 0 Å². The zero-order chi connectivity index (χ0) is 14.7. The highest BCUT2D eigenvalue weighted by Gasteiger charge is 2.29. The van der Waals surface area contributed by atoms with Gasteiger partial charge in [0.15, 0.2) is 0 Å². The Morgan fingerprint density at radius 3 is 2.90 bits per heavy atom. The van der Waals surface area contributed by atoms with Gasteiger partial charge in [-0.15, -0.1) is 0 Å². The van der Waals surface area contributed by atoms with Crippen LogP contribution in [0, 0.1) is 0 Å². The SMILES string of the molecule is CC(C)N1Cc2cc(OC/C(=C/F)CN)ccc2C1=O. The molecule has 0 aromatic heterocycles. The summed E-state index contributed by atoms with van der Waals surface area (Å²) in [4.78, 5) is 13.9. The maximum absolute atomic E-state index is 12.4. The molecule has 1 heterocycles. The third-order valence-electron chi connectivity index (χ3n) is 3.37. The number of amides is 1. The molecule has 0 radical (unpaired) electrons. The minimum Gasteiger partial charge on any atom is -0.489 e. The first-order chi connectivity index (χ1) is 9.56. The van der Waals surface area contributed by atoms with Gasteiger partial charge in [0.2, 0.25) is 0 Å². The second-order valence-electron chi connectivity index (χ2n) is 5.11. The van der Waals surface area contributed by atoms with E-state index in [-0.39, 0.29) is 25.1 Å². The van der Waals surface area contributed by atoms with E-state index >= 15 is 0 Å². The van der Waals surface area contributed by atoms with Crippen molar-refractivity contribution in [3.05, 3.63) is 41.2 Å². The second-order valence-corrected chi connectivity index (χ2v) is 5.11. The molecule has 0 fully saturated rings. The van der Waals surface area contributed by atoms with E-state index in [1.807, 2.05) is 19.9 Å². The molecule has 0 saturated carbocycles. The summed E-state index contributed by atoms with van der Waals surface area (Å²) in [6.45, 7) is 4.81. The topological polar surface area (TPSA) is 55.6 Å². The van der Waals surface area contributed by atoms with Gasteiger partial charge < -0.3 is 15.4 Å². The van der Waals surface area contributed by atoms with Crippen LogP contribution in [0.25, 0.3) is 0 Å². The van der Waals surface area contributed by atoms with Gasteiger partial charge >= 0.3 is 0 Å². The van der Waals surface area contributed by atoms with Crippen molar-refractivity contribution in [3.63, 3.8) is 0 Å². The van der Waals surface area contributed by atoms with Gasteiger partial charge in [-0.3, -0.25) is 4.79 Å². The fraction of sp³-hybridized carbons (Fsp3) is 0.400. The van der Waals surface area contributed by atoms with Gasteiger partial charge in [-0.05, 0) is 37.6 Å². The summed E-state index contributed by atoms with van der Waals surface area (Å²) in [7, 11) is 0. The van der Waals surface area contributed by atoms with E-state index in [4.69, 9.17) is 10.5 Å². The Morgan fingerprint density at radius 1 is 1.55 bits per heavy atom. The van der Waals surface area contributed by atoms with Crippen LogP contribution in [-0.2, 0) is 6.54 Å². The molecule has 1 amide bonds. The third kappa shape index (κ3) is 2.82. The van der Waals surface area contributed by atoms with Crippen molar-refractivity contribution in [1.29, 1.82) is 0 Å². The maximum Gasteiger partial charge on any atom is 0.254 e. The second kappa shape index (κ2) is 6.05. The van der Waals surface area contributed by atoms with Crippen molar-refractivity contribution in [1.82, 2.24) is 4.90 Å². The summed E-state index contributed by atoms with van der Waals surface area (Å²) in [5, 5.41) is 0. The minimum atomic E-state index is 0.0489. The summed E-state index contributed by atoms with van der Waals surface area (Å²) in [5.74, 6) is 0.669. The Balaban J connectivity index is 2.11. The zero-order valence-corrected chi connectivity index (χ0v) is 11.7. The number of carbonyl (C=O) groups is 1. The molecule has 4 nitrogen and oxygen atoms in total. The van der Waals surface area contributed by atoms with E-state index in [0.717, 1.165) is 5.56 Å². The molecule has 0 saturated heterocycles. The van der Waals surface area contributed by atoms with Crippen LogP contribution in [0.1, 0.15) is 29.8 Å². The number of ether oxygens (including phenoxy) is 1. The Labute approximate surface area is 118 Å². The van der Waals surface area contributed by atoms with Crippen LogP contribution in [0.2, 0.25) is 0 Å². The number of rotatable bonds is 5. The van der Waals surface area contributed by atoms with Crippen molar-refractivity contribution < 1.29 is 13.9 Å². The number of nitrogens with zero attached hydrogens (tertiary/aromatic N) is 1. The van der Waals surface area contributed by atoms with Gasteiger partial charge in [-0.2, -0.15) is 0 Å². The molecule has 0 aliphatic carbocycles. The Bertz CT molecular complexity index is 541. The van der Waals surface area contributed by atoms with E-state index in [2.05, 4.69) is 0 Å². The highest BCUT2D eigenvalue weighted by atomic mass is 19.1. The van der Waals surface area contributed by atoms with E-state index in [0.29, 0.717) is 29.8 Å². The Kier molecular flexibility index (Phi) is 4.39. The van der Waals surface area contributed by atoms with Crippen LogP contribution in [0.5, 0.6) is 5.75 Å². The van der Waals surface area contributed by atoms with Gasteiger partial charge in [0.25, 0.3) is 5.91 Å². The molecule has 2 rings (SSSR count). The lowest BCUT2D eigenvalue weighted by molar-refractivity contribution is 0.0730. The quantitative estimate of drug-likeness (QED) is 0.898. The molecule has 1 aliphatic heterocycles. The van der Waals surface area contributed by atoms with Crippen molar-refractivity contribution in [2.75, 3.05) is 13.2 Å². The monoisotopic (exact) mass is 278 g/mol. The molecule has 0 spiro atoms. The summed E-state index contributed by atoms with van der Waals surface area (Å²) < 4.78 is 17.9. The van der Waals surface area contributed by atoms with Gasteiger partial charge in [0.1, 0.15) is 12.4 Å². The van der Waals surface area contributed by atoms with Crippen molar-refractivity contribution in [2.45, 2.75) is 26.4 Å². The highest BCUT2D eigenvalue weighted by Crippen LogP contribution is 2.28. The molecule has 20 heavy (non-hydrogen) atoms. The van der Waals surface area contributed by atoms with Crippen LogP contribution < -0.4 is 10.5 Å². The van der Waals surface area contributed by atoms with E-state index in [1.165, 1.54) is 0 Å². The predicted octanol–water partition coefficient (Wildman–Crippen LogP) is 2.24. The average Bonchev–Trinajstić information content (AvgIpc) is 2.77. The van der Waals surface area contributed by atoms with Crippen LogP contribution in [0.15, 0.2) is 30.1 Å². The van der Waals surface area contributed by atoms with Crippen LogP contribution in [0.3, 0.4) is 0 Å². The largest absolute Gasteiger partial charge is 0.489 e. The third-order valence-corrected chi connectivity index (χ3v) is 3.37. The number of nitrogens with two attached hydrogens (primary N) is 1. The molecule has 1 aromatic carbocycles. The van der Waals surface area contributed by atoms with Gasteiger partial charge in [0.05, 0.1) is 6.33 Å².